The zero-order valence-electron chi connectivity index (χ0n) is 18.6. The molecule has 34 heavy (non-hydrogen) atoms. The number of carbonyl (C=O) groups excluding carboxylic acids is 1. The van der Waals surface area contributed by atoms with E-state index in [-0.39, 0.29) is 5.91 Å². The first-order chi connectivity index (χ1) is 16.7. The molecule has 5 aromatic rings. The summed E-state index contributed by atoms with van der Waals surface area (Å²) in [7, 11) is 0. The van der Waals surface area contributed by atoms with Crippen molar-refractivity contribution in [3.8, 4) is 11.6 Å². The van der Waals surface area contributed by atoms with Gasteiger partial charge in [0.05, 0.1) is 16.6 Å². The molecule has 1 N–H and O–H groups in total. The van der Waals surface area contributed by atoms with E-state index in [1.165, 1.54) is 0 Å². The molecule has 0 spiro atoms. The SMILES string of the molecule is Cc1nn(-c2ccccn2)c2nc(C3CC3)cc(C(=O)NCc3cccnc3-n3cccn3)c12. The van der Waals surface area contributed by atoms with Gasteiger partial charge in [0.1, 0.15) is 0 Å². The highest BCUT2D eigenvalue weighted by atomic mass is 16.1. The molecule has 1 fully saturated rings. The van der Waals surface area contributed by atoms with E-state index in [4.69, 9.17) is 4.98 Å². The third-order valence-electron chi connectivity index (χ3n) is 5.97. The van der Waals surface area contributed by atoms with Gasteiger partial charge < -0.3 is 5.32 Å². The first kappa shape index (κ1) is 20.2. The lowest BCUT2D eigenvalue weighted by Gasteiger charge is -2.11. The van der Waals surface area contributed by atoms with Crippen LogP contribution in [0, 0.1) is 6.92 Å². The zero-order chi connectivity index (χ0) is 23.1. The number of rotatable bonds is 6. The maximum absolute atomic E-state index is 13.5. The summed E-state index contributed by atoms with van der Waals surface area (Å²) in [5.74, 6) is 1.57. The van der Waals surface area contributed by atoms with E-state index in [0.717, 1.165) is 35.2 Å². The average molecular weight is 451 g/mol. The van der Waals surface area contributed by atoms with Crippen molar-refractivity contribution in [2.24, 2.45) is 0 Å². The number of hydrogen-bond acceptors (Lipinski definition) is 6. The number of hydrogen-bond donors (Lipinski definition) is 1. The summed E-state index contributed by atoms with van der Waals surface area (Å²) in [6.07, 6.45) is 9.13. The van der Waals surface area contributed by atoms with Crippen molar-refractivity contribution >= 4 is 16.9 Å². The summed E-state index contributed by atoms with van der Waals surface area (Å²) in [5, 5.41) is 12.8. The van der Waals surface area contributed by atoms with E-state index >= 15 is 0 Å². The van der Waals surface area contributed by atoms with Gasteiger partial charge in [0.2, 0.25) is 0 Å². The van der Waals surface area contributed by atoms with Gasteiger partial charge in [-0.2, -0.15) is 14.9 Å². The molecule has 0 atom stereocenters. The molecule has 1 aliphatic rings. The smallest absolute Gasteiger partial charge is 0.252 e. The third kappa shape index (κ3) is 3.61. The summed E-state index contributed by atoms with van der Waals surface area (Å²) in [5.41, 5.74) is 3.77. The van der Waals surface area contributed by atoms with Crippen LogP contribution in [0.15, 0.2) is 67.3 Å². The molecule has 1 amide bonds. The Hall–Kier alpha value is -4.40. The van der Waals surface area contributed by atoms with Gasteiger partial charge >= 0.3 is 0 Å². The van der Waals surface area contributed by atoms with Gasteiger partial charge in [-0.3, -0.25) is 4.79 Å². The number of carbonyl (C=O) groups is 1. The number of nitrogens with one attached hydrogen (secondary N) is 1. The molecule has 5 heterocycles. The molecule has 0 bridgehead atoms. The first-order valence-electron chi connectivity index (χ1n) is 11.2. The number of pyridine rings is 3. The van der Waals surface area contributed by atoms with Crippen molar-refractivity contribution in [3.05, 3.63) is 89.8 Å². The van der Waals surface area contributed by atoms with E-state index in [9.17, 15) is 4.79 Å². The average Bonchev–Trinajstić information content (AvgIpc) is 3.48. The molecule has 6 rings (SSSR count). The molecule has 9 nitrogen and oxygen atoms in total. The van der Waals surface area contributed by atoms with Crippen LogP contribution in [0.3, 0.4) is 0 Å². The van der Waals surface area contributed by atoms with Crippen molar-refractivity contribution in [2.45, 2.75) is 32.2 Å². The Morgan fingerprint density at radius 3 is 2.74 bits per heavy atom. The van der Waals surface area contributed by atoms with Crippen LogP contribution >= 0.6 is 0 Å². The molecule has 5 aromatic heterocycles. The van der Waals surface area contributed by atoms with Gasteiger partial charge in [0.15, 0.2) is 17.3 Å². The topological polar surface area (TPSA) is 103 Å². The van der Waals surface area contributed by atoms with Gasteiger partial charge in [-0.25, -0.2) is 19.6 Å². The summed E-state index contributed by atoms with van der Waals surface area (Å²) in [4.78, 5) is 27.3. The lowest BCUT2D eigenvalue weighted by Crippen LogP contribution is -2.24. The van der Waals surface area contributed by atoms with E-state index in [0.29, 0.717) is 35.3 Å². The maximum atomic E-state index is 13.5. The number of nitrogens with zero attached hydrogens (tertiary/aromatic N) is 7. The highest BCUT2D eigenvalue weighted by Gasteiger charge is 2.29. The fourth-order valence-corrected chi connectivity index (χ4v) is 4.15. The van der Waals surface area contributed by atoms with Gasteiger partial charge in [0.25, 0.3) is 5.91 Å². The fourth-order valence-electron chi connectivity index (χ4n) is 4.15. The molecule has 168 valence electrons. The predicted molar refractivity (Wildman–Crippen MR) is 126 cm³/mol. The zero-order valence-corrected chi connectivity index (χ0v) is 18.6. The van der Waals surface area contributed by atoms with Crippen molar-refractivity contribution in [1.29, 1.82) is 0 Å². The van der Waals surface area contributed by atoms with Crippen LogP contribution in [0.5, 0.6) is 0 Å². The second-order valence-electron chi connectivity index (χ2n) is 8.37. The van der Waals surface area contributed by atoms with Crippen LogP contribution in [0.4, 0.5) is 0 Å². The summed E-state index contributed by atoms with van der Waals surface area (Å²) in [6, 6.07) is 13.2. The molecule has 1 aliphatic carbocycles. The Kier molecular flexibility index (Phi) is 4.87. The van der Waals surface area contributed by atoms with Crippen molar-refractivity contribution < 1.29 is 4.79 Å². The van der Waals surface area contributed by atoms with Crippen LogP contribution in [0.1, 0.15) is 46.1 Å². The highest BCUT2D eigenvalue weighted by Crippen LogP contribution is 2.40. The molecule has 0 aromatic carbocycles. The van der Waals surface area contributed by atoms with Crippen LogP contribution in [0.2, 0.25) is 0 Å². The largest absolute Gasteiger partial charge is 0.348 e. The Morgan fingerprint density at radius 2 is 1.97 bits per heavy atom. The van der Waals surface area contributed by atoms with Crippen molar-refractivity contribution in [2.75, 3.05) is 0 Å². The fraction of sp³-hybridized carbons (Fsp3) is 0.200. The van der Waals surface area contributed by atoms with Gasteiger partial charge in [0, 0.05) is 48.5 Å². The number of aryl methyl sites for hydroxylation is 1. The second kappa shape index (κ2) is 8.18. The molecule has 0 unspecified atom stereocenters. The minimum atomic E-state index is -0.173. The monoisotopic (exact) mass is 450 g/mol. The van der Waals surface area contributed by atoms with E-state index < -0.39 is 0 Å². The third-order valence-corrected chi connectivity index (χ3v) is 5.97. The first-order valence-corrected chi connectivity index (χ1v) is 11.2. The van der Waals surface area contributed by atoms with Gasteiger partial charge in [-0.1, -0.05) is 12.1 Å². The Bertz CT molecular complexity index is 1490. The van der Waals surface area contributed by atoms with Crippen LogP contribution in [-0.4, -0.2) is 40.4 Å². The minimum Gasteiger partial charge on any atom is -0.348 e. The molecular weight excluding hydrogens is 428 g/mol. The Morgan fingerprint density at radius 1 is 1.09 bits per heavy atom. The molecule has 1 saturated carbocycles. The second-order valence-corrected chi connectivity index (χ2v) is 8.37. The minimum absolute atomic E-state index is 0.173. The van der Waals surface area contributed by atoms with E-state index in [2.05, 4.69) is 25.5 Å². The standard InChI is InChI=1S/C25H22N8O/c1-16-22-19(25(34)28-15-18-6-4-11-27-23(18)32-13-5-12-29-32)14-20(17-8-9-17)30-24(22)33(31-16)21-7-2-3-10-26-21/h2-7,10-14,17H,8-9,15H2,1H3,(H,28,34). The molecule has 0 radical (unpaired) electrons. The highest BCUT2D eigenvalue weighted by molar-refractivity contribution is 6.06. The van der Waals surface area contributed by atoms with Gasteiger partial charge in [-0.05, 0) is 50.1 Å². The molecular formula is C25H22N8O. The molecule has 0 aliphatic heterocycles. The van der Waals surface area contributed by atoms with Crippen LogP contribution < -0.4 is 5.32 Å². The Labute approximate surface area is 195 Å². The summed E-state index contributed by atoms with van der Waals surface area (Å²) < 4.78 is 3.42. The number of fused-ring (bicyclic) bond motifs is 1. The van der Waals surface area contributed by atoms with Crippen molar-refractivity contribution in [3.63, 3.8) is 0 Å². The van der Waals surface area contributed by atoms with Crippen molar-refractivity contribution in [1.82, 2.24) is 39.8 Å². The summed E-state index contributed by atoms with van der Waals surface area (Å²) >= 11 is 0. The lowest BCUT2D eigenvalue weighted by atomic mass is 10.1. The number of amides is 1. The predicted octanol–water partition coefficient (Wildman–Crippen LogP) is 3.51. The van der Waals surface area contributed by atoms with Gasteiger partial charge in [-0.15, -0.1) is 0 Å². The van der Waals surface area contributed by atoms with Crippen LogP contribution in [-0.2, 0) is 6.54 Å². The normalized spacial score (nSPS) is 13.3. The summed E-state index contributed by atoms with van der Waals surface area (Å²) in [6.45, 7) is 2.21. The maximum Gasteiger partial charge on any atom is 0.252 e. The molecule has 0 saturated heterocycles. The van der Waals surface area contributed by atoms with E-state index in [1.54, 1.807) is 28.0 Å². The van der Waals surface area contributed by atoms with E-state index in [1.807, 2.05) is 55.6 Å². The Balaban J connectivity index is 1.38. The lowest BCUT2D eigenvalue weighted by molar-refractivity contribution is 0.0952. The van der Waals surface area contributed by atoms with Crippen LogP contribution in [0.25, 0.3) is 22.7 Å². The molecule has 9 heteroatoms. The number of aromatic nitrogens is 7. The quantitative estimate of drug-likeness (QED) is 0.425.